The highest BCUT2D eigenvalue weighted by Gasteiger charge is 2.33. The van der Waals surface area contributed by atoms with Crippen LogP contribution in [0.3, 0.4) is 0 Å². The van der Waals surface area contributed by atoms with Crippen LogP contribution in [0.15, 0.2) is 10.6 Å². The first-order valence-electron chi connectivity index (χ1n) is 6.09. The maximum absolute atomic E-state index is 9.50. The van der Waals surface area contributed by atoms with E-state index in [1.807, 2.05) is 6.92 Å². The minimum atomic E-state index is -0.159. The zero-order valence-corrected chi connectivity index (χ0v) is 9.57. The Kier molecular flexibility index (Phi) is 2.36. The van der Waals surface area contributed by atoms with Crippen LogP contribution in [-0.4, -0.2) is 16.4 Å². The maximum Gasteiger partial charge on any atom is 0.147 e. The summed E-state index contributed by atoms with van der Waals surface area (Å²) in [7, 11) is 0. The minimum absolute atomic E-state index is 0.159. The van der Waals surface area contributed by atoms with E-state index >= 15 is 0 Å². The fourth-order valence-corrected chi connectivity index (χ4v) is 2.45. The molecule has 1 atom stereocenters. The second kappa shape index (κ2) is 3.74. The van der Waals surface area contributed by atoms with Gasteiger partial charge in [0.2, 0.25) is 0 Å². The van der Waals surface area contributed by atoms with E-state index in [1.165, 1.54) is 24.0 Å². The first-order chi connectivity index (χ1) is 7.75. The van der Waals surface area contributed by atoms with Gasteiger partial charge in [-0.3, -0.25) is 0 Å². The van der Waals surface area contributed by atoms with Crippen molar-refractivity contribution in [2.24, 2.45) is 0 Å². The Labute approximate surface area is 95.1 Å². The summed E-state index contributed by atoms with van der Waals surface area (Å²) in [4.78, 5) is 0. The molecule has 0 aliphatic heterocycles. The number of allylic oxidation sites excluding steroid dienone is 1. The molecule has 0 amide bonds. The van der Waals surface area contributed by atoms with Crippen molar-refractivity contribution in [1.29, 1.82) is 0 Å². The number of aryl methyl sites for hydroxylation is 1. The smallest absolute Gasteiger partial charge is 0.147 e. The second-order valence-electron chi connectivity index (χ2n) is 4.94. The molecular formula is C13H17NO2. The number of aromatic nitrogens is 1. The van der Waals surface area contributed by atoms with Crippen LogP contribution in [0.2, 0.25) is 0 Å². The maximum atomic E-state index is 9.50. The molecule has 1 N–H and O–H groups in total. The van der Waals surface area contributed by atoms with Crippen molar-refractivity contribution in [3.8, 4) is 0 Å². The lowest BCUT2D eigenvalue weighted by atomic mass is 9.90. The summed E-state index contributed by atoms with van der Waals surface area (Å²) in [5.74, 6) is 1.68. The van der Waals surface area contributed by atoms with E-state index in [2.05, 4.69) is 11.2 Å². The second-order valence-corrected chi connectivity index (χ2v) is 4.94. The quantitative estimate of drug-likeness (QED) is 0.832. The van der Waals surface area contributed by atoms with Gasteiger partial charge in [-0.25, -0.2) is 0 Å². The molecule has 1 fully saturated rings. The zero-order valence-electron chi connectivity index (χ0n) is 9.57. The van der Waals surface area contributed by atoms with Gasteiger partial charge in [0, 0.05) is 11.5 Å². The van der Waals surface area contributed by atoms with Gasteiger partial charge >= 0.3 is 0 Å². The fraction of sp³-hybridized carbons (Fsp3) is 0.615. The summed E-state index contributed by atoms with van der Waals surface area (Å²) in [6.07, 6.45) is 7.04. The standard InChI is InChI=1S/C13H17NO2/c1-8-12(9-4-6-11(15)7-5-9)13(16-14-8)10-2-3-10/h4,10-11,15H,2-3,5-7H2,1H3. The van der Waals surface area contributed by atoms with Crippen molar-refractivity contribution in [3.05, 3.63) is 23.1 Å². The van der Waals surface area contributed by atoms with Crippen LogP contribution in [0, 0.1) is 6.92 Å². The van der Waals surface area contributed by atoms with Gasteiger partial charge in [-0.15, -0.1) is 0 Å². The molecule has 3 heteroatoms. The summed E-state index contributed by atoms with van der Waals surface area (Å²) in [6, 6.07) is 0. The lowest BCUT2D eigenvalue weighted by molar-refractivity contribution is 0.166. The molecule has 0 spiro atoms. The Bertz CT molecular complexity index is 429. The molecule has 1 saturated carbocycles. The lowest BCUT2D eigenvalue weighted by Gasteiger charge is -2.17. The Hall–Kier alpha value is -1.09. The van der Waals surface area contributed by atoms with Crippen LogP contribution >= 0.6 is 0 Å². The molecule has 3 nitrogen and oxygen atoms in total. The number of hydrogen-bond donors (Lipinski definition) is 1. The summed E-state index contributed by atoms with van der Waals surface area (Å²) in [6.45, 7) is 2.01. The molecular weight excluding hydrogens is 202 g/mol. The third-order valence-corrected chi connectivity index (χ3v) is 3.54. The van der Waals surface area contributed by atoms with Gasteiger partial charge in [0.05, 0.1) is 11.8 Å². The van der Waals surface area contributed by atoms with E-state index in [0.717, 1.165) is 30.7 Å². The number of hydrogen-bond acceptors (Lipinski definition) is 3. The van der Waals surface area contributed by atoms with Gasteiger partial charge in [0.15, 0.2) is 0 Å². The molecule has 16 heavy (non-hydrogen) atoms. The van der Waals surface area contributed by atoms with Crippen molar-refractivity contribution in [3.63, 3.8) is 0 Å². The number of rotatable bonds is 2. The minimum Gasteiger partial charge on any atom is -0.393 e. The SMILES string of the molecule is Cc1noc(C2CC2)c1C1=CCC(O)CC1. The molecule has 2 aliphatic carbocycles. The summed E-state index contributed by atoms with van der Waals surface area (Å²) >= 11 is 0. The summed E-state index contributed by atoms with van der Waals surface area (Å²) in [5, 5.41) is 13.6. The predicted molar refractivity (Wildman–Crippen MR) is 61.0 cm³/mol. The van der Waals surface area contributed by atoms with Crippen molar-refractivity contribution in [2.45, 2.75) is 51.0 Å². The Morgan fingerprint density at radius 1 is 1.38 bits per heavy atom. The van der Waals surface area contributed by atoms with Gasteiger partial charge in [0.25, 0.3) is 0 Å². The molecule has 0 saturated heterocycles. The number of aliphatic hydroxyl groups is 1. The normalized spacial score (nSPS) is 25.6. The van der Waals surface area contributed by atoms with Crippen LogP contribution in [0.25, 0.3) is 5.57 Å². The third kappa shape index (κ3) is 1.69. The summed E-state index contributed by atoms with van der Waals surface area (Å²) in [5.41, 5.74) is 3.56. The van der Waals surface area contributed by atoms with Crippen LogP contribution in [0.5, 0.6) is 0 Å². The van der Waals surface area contributed by atoms with Gasteiger partial charge in [-0.2, -0.15) is 0 Å². The van der Waals surface area contributed by atoms with Crippen LogP contribution < -0.4 is 0 Å². The molecule has 1 aromatic heterocycles. The third-order valence-electron chi connectivity index (χ3n) is 3.54. The predicted octanol–water partition coefficient (Wildman–Crippen LogP) is 2.79. The van der Waals surface area contributed by atoms with E-state index in [-0.39, 0.29) is 6.10 Å². The zero-order chi connectivity index (χ0) is 11.1. The first kappa shape index (κ1) is 10.1. The largest absolute Gasteiger partial charge is 0.393 e. The van der Waals surface area contributed by atoms with Gasteiger partial charge in [-0.1, -0.05) is 11.2 Å². The molecule has 86 valence electrons. The van der Waals surface area contributed by atoms with Crippen molar-refractivity contribution in [2.75, 3.05) is 0 Å². The van der Waals surface area contributed by atoms with E-state index < -0.39 is 0 Å². The molecule has 1 aromatic rings. The molecule has 3 rings (SSSR count). The van der Waals surface area contributed by atoms with E-state index in [1.54, 1.807) is 0 Å². The van der Waals surface area contributed by atoms with E-state index in [4.69, 9.17) is 4.52 Å². The van der Waals surface area contributed by atoms with Crippen LogP contribution in [0.1, 0.15) is 55.0 Å². The molecule has 0 aromatic carbocycles. The molecule has 0 bridgehead atoms. The average Bonchev–Trinajstić information content (AvgIpc) is 3.05. The van der Waals surface area contributed by atoms with Gasteiger partial charge in [-0.05, 0) is 44.6 Å². The molecule has 2 aliphatic rings. The highest BCUT2D eigenvalue weighted by molar-refractivity contribution is 5.70. The summed E-state index contributed by atoms with van der Waals surface area (Å²) < 4.78 is 5.45. The van der Waals surface area contributed by atoms with E-state index in [9.17, 15) is 5.11 Å². The Morgan fingerprint density at radius 3 is 2.81 bits per heavy atom. The Morgan fingerprint density at radius 2 is 2.19 bits per heavy atom. The lowest BCUT2D eigenvalue weighted by Crippen LogP contribution is -2.10. The Balaban J connectivity index is 1.95. The van der Waals surface area contributed by atoms with Gasteiger partial charge < -0.3 is 9.63 Å². The number of nitrogens with zero attached hydrogens (tertiary/aromatic N) is 1. The van der Waals surface area contributed by atoms with E-state index in [0.29, 0.717) is 5.92 Å². The van der Waals surface area contributed by atoms with Crippen LogP contribution in [-0.2, 0) is 0 Å². The monoisotopic (exact) mass is 219 g/mol. The number of aliphatic hydroxyl groups excluding tert-OH is 1. The first-order valence-corrected chi connectivity index (χ1v) is 6.09. The fourth-order valence-electron chi connectivity index (χ4n) is 2.45. The topological polar surface area (TPSA) is 46.3 Å². The van der Waals surface area contributed by atoms with Crippen LogP contribution in [0.4, 0.5) is 0 Å². The molecule has 0 radical (unpaired) electrons. The van der Waals surface area contributed by atoms with Crippen molar-refractivity contribution < 1.29 is 9.63 Å². The molecule has 1 unspecified atom stereocenters. The average molecular weight is 219 g/mol. The highest BCUT2D eigenvalue weighted by Crippen LogP contribution is 2.45. The van der Waals surface area contributed by atoms with Crippen molar-refractivity contribution in [1.82, 2.24) is 5.16 Å². The van der Waals surface area contributed by atoms with Crippen molar-refractivity contribution >= 4 is 5.57 Å². The molecule has 1 heterocycles. The highest BCUT2D eigenvalue weighted by atomic mass is 16.5. The van der Waals surface area contributed by atoms with Gasteiger partial charge in [0.1, 0.15) is 5.76 Å².